The molecule has 12 heteroatoms. The van der Waals surface area contributed by atoms with E-state index in [1.165, 1.54) is 0 Å². The highest BCUT2D eigenvalue weighted by Gasteiger charge is 2.46. The van der Waals surface area contributed by atoms with Gasteiger partial charge in [0.2, 0.25) is 5.88 Å². The van der Waals surface area contributed by atoms with Crippen LogP contribution in [-0.4, -0.2) is 76.9 Å². The first-order chi connectivity index (χ1) is 18.0. The Balaban J connectivity index is 1.11. The standard InChI is InChI=1S/C25H26N6O6/c1-35-21-7-3-15-4-8-22(33)30(24(15)28-21)11-2-10-29-12-9-16-18(13-29)37-25(34)31(16)19-6-5-17-23(26-19)27-20(32)14-36-17/h3-8,16,18H,2,9-14H2,1H3,(H,26,27,32)/t16-,18+/m0/s1. The van der Waals surface area contributed by atoms with Gasteiger partial charge in [-0.1, -0.05) is 0 Å². The van der Waals surface area contributed by atoms with Gasteiger partial charge in [0.25, 0.3) is 11.5 Å². The highest BCUT2D eigenvalue weighted by Crippen LogP contribution is 2.34. The molecule has 2 atom stereocenters. The minimum Gasteiger partial charge on any atom is -0.481 e. The first kappa shape index (κ1) is 23.2. The van der Waals surface area contributed by atoms with Crippen LogP contribution >= 0.6 is 0 Å². The maximum absolute atomic E-state index is 12.8. The second-order valence-electron chi connectivity index (χ2n) is 9.25. The van der Waals surface area contributed by atoms with Crippen molar-refractivity contribution in [1.29, 1.82) is 0 Å². The number of amides is 2. The first-order valence-electron chi connectivity index (χ1n) is 12.2. The van der Waals surface area contributed by atoms with Crippen LogP contribution in [0.15, 0.2) is 41.2 Å². The number of nitrogens with zero attached hydrogens (tertiary/aromatic N) is 5. The predicted molar refractivity (Wildman–Crippen MR) is 133 cm³/mol. The van der Waals surface area contributed by atoms with E-state index in [1.54, 1.807) is 46.9 Å². The molecule has 6 heterocycles. The summed E-state index contributed by atoms with van der Waals surface area (Å²) < 4.78 is 18.0. The van der Waals surface area contributed by atoms with Crippen LogP contribution in [0.1, 0.15) is 12.8 Å². The van der Waals surface area contributed by atoms with Gasteiger partial charge in [-0.25, -0.2) is 9.78 Å². The molecule has 1 N–H and O–H groups in total. The van der Waals surface area contributed by atoms with Crippen molar-refractivity contribution in [3.8, 4) is 11.6 Å². The number of likely N-dealkylation sites (tertiary alicyclic amines) is 1. The summed E-state index contributed by atoms with van der Waals surface area (Å²) in [7, 11) is 1.55. The summed E-state index contributed by atoms with van der Waals surface area (Å²) in [6.07, 6.45) is 0.704. The molecule has 0 spiro atoms. The van der Waals surface area contributed by atoms with Crippen LogP contribution < -0.4 is 25.2 Å². The van der Waals surface area contributed by atoms with Crippen LogP contribution in [0.3, 0.4) is 0 Å². The van der Waals surface area contributed by atoms with Crippen molar-refractivity contribution < 1.29 is 23.8 Å². The molecule has 0 saturated carbocycles. The Kier molecular flexibility index (Phi) is 5.87. The molecule has 3 aliphatic rings. The average molecular weight is 507 g/mol. The quantitative estimate of drug-likeness (QED) is 0.530. The fourth-order valence-corrected chi connectivity index (χ4v) is 5.18. The lowest BCUT2D eigenvalue weighted by Gasteiger charge is -2.35. The fraction of sp³-hybridized carbons (Fsp3) is 0.400. The van der Waals surface area contributed by atoms with Crippen LogP contribution in [0.2, 0.25) is 0 Å². The molecule has 192 valence electrons. The van der Waals surface area contributed by atoms with Gasteiger partial charge in [-0.2, -0.15) is 4.98 Å². The summed E-state index contributed by atoms with van der Waals surface area (Å²) in [5.41, 5.74) is 0.497. The molecule has 3 aromatic heterocycles. The molecule has 2 amide bonds. The maximum atomic E-state index is 12.8. The summed E-state index contributed by atoms with van der Waals surface area (Å²) in [6.45, 7) is 2.57. The number of nitrogens with one attached hydrogen (secondary N) is 1. The molecular formula is C25H26N6O6. The molecule has 37 heavy (non-hydrogen) atoms. The van der Waals surface area contributed by atoms with Crippen LogP contribution in [-0.2, 0) is 16.1 Å². The highest BCUT2D eigenvalue weighted by molar-refractivity contribution is 5.95. The smallest absolute Gasteiger partial charge is 0.416 e. The Bertz CT molecular complexity index is 1440. The van der Waals surface area contributed by atoms with Gasteiger partial charge in [-0.05, 0) is 43.7 Å². The maximum Gasteiger partial charge on any atom is 0.416 e. The second-order valence-corrected chi connectivity index (χ2v) is 9.25. The minimum absolute atomic E-state index is 0.0554. The number of hydrogen-bond donors (Lipinski definition) is 1. The van der Waals surface area contributed by atoms with Gasteiger partial charge in [-0.3, -0.25) is 24.0 Å². The molecule has 12 nitrogen and oxygen atoms in total. The Morgan fingerprint density at radius 2 is 1.95 bits per heavy atom. The molecule has 0 aliphatic carbocycles. The van der Waals surface area contributed by atoms with Gasteiger partial charge >= 0.3 is 6.09 Å². The third-order valence-electron chi connectivity index (χ3n) is 6.97. The van der Waals surface area contributed by atoms with Crippen LogP contribution in [0, 0.1) is 0 Å². The minimum atomic E-state index is -0.449. The molecule has 2 saturated heterocycles. The van der Waals surface area contributed by atoms with Gasteiger partial charge in [0, 0.05) is 37.2 Å². The normalized spacial score (nSPS) is 21.2. The van der Waals surface area contributed by atoms with E-state index in [0.717, 1.165) is 24.9 Å². The van der Waals surface area contributed by atoms with Crippen molar-refractivity contribution in [2.24, 2.45) is 0 Å². The zero-order valence-corrected chi connectivity index (χ0v) is 20.3. The zero-order chi connectivity index (χ0) is 25.5. The lowest BCUT2D eigenvalue weighted by Crippen LogP contribution is -2.49. The van der Waals surface area contributed by atoms with E-state index in [4.69, 9.17) is 14.2 Å². The van der Waals surface area contributed by atoms with Crippen molar-refractivity contribution >= 4 is 34.7 Å². The number of aryl methyl sites for hydroxylation is 1. The monoisotopic (exact) mass is 506 g/mol. The number of rotatable bonds is 6. The van der Waals surface area contributed by atoms with E-state index in [0.29, 0.717) is 48.4 Å². The third kappa shape index (κ3) is 4.33. The van der Waals surface area contributed by atoms with E-state index in [9.17, 15) is 14.4 Å². The van der Waals surface area contributed by atoms with Crippen molar-refractivity contribution in [1.82, 2.24) is 19.4 Å². The molecular weight excluding hydrogens is 480 g/mol. The summed E-state index contributed by atoms with van der Waals surface area (Å²) in [5, 5.41) is 3.55. The number of anilines is 2. The van der Waals surface area contributed by atoms with E-state index >= 15 is 0 Å². The summed E-state index contributed by atoms with van der Waals surface area (Å²) in [6, 6.07) is 10.2. The number of fused-ring (bicyclic) bond motifs is 3. The van der Waals surface area contributed by atoms with E-state index in [1.807, 2.05) is 6.07 Å². The van der Waals surface area contributed by atoms with Gasteiger partial charge in [0.15, 0.2) is 18.2 Å². The van der Waals surface area contributed by atoms with Crippen molar-refractivity contribution in [3.63, 3.8) is 0 Å². The molecule has 0 unspecified atom stereocenters. The number of methoxy groups -OCH3 is 1. The zero-order valence-electron chi connectivity index (χ0n) is 20.3. The Morgan fingerprint density at radius 1 is 1.08 bits per heavy atom. The fourth-order valence-electron chi connectivity index (χ4n) is 5.18. The summed E-state index contributed by atoms with van der Waals surface area (Å²) in [4.78, 5) is 49.7. The molecule has 6 rings (SSSR count). The lowest BCUT2D eigenvalue weighted by molar-refractivity contribution is -0.118. The van der Waals surface area contributed by atoms with Gasteiger partial charge in [-0.15, -0.1) is 0 Å². The lowest BCUT2D eigenvalue weighted by atomic mass is 10.0. The van der Waals surface area contributed by atoms with Crippen molar-refractivity contribution in [2.75, 3.05) is 43.6 Å². The molecule has 2 fully saturated rings. The van der Waals surface area contributed by atoms with E-state index in [-0.39, 0.29) is 30.2 Å². The topological polar surface area (TPSA) is 128 Å². The molecule has 3 aromatic rings. The molecule has 3 aliphatic heterocycles. The number of ether oxygens (including phenoxy) is 3. The second kappa shape index (κ2) is 9.36. The molecule has 0 bridgehead atoms. The van der Waals surface area contributed by atoms with E-state index < -0.39 is 6.09 Å². The number of pyridine rings is 3. The molecule has 0 aromatic carbocycles. The largest absolute Gasteiger partial charge is 0.481 e. The Labute approximate surface area is 211 Å². The van der Waals surface area contributed by atoms with Crippen molar-refractivity contribution in [2.45, 2.75) is 31.5 Å². The predicted octanol–water partition coefficient (Wildman–Crippen LogP) is 1.62. The van der Waals surface area contributed by atoms with Crippen LogP contribution in [0.25, 0.3) is 11.0 Å². The van der Waals surface area contributed by atoms with Crippen LogP contribution in [0.4, 0.5) is 16.4 Å². The number of aromatic nitrogens is 3. The third-order valence-corrected chi connectivity index (χ3v) is 6.97. The summed E-state index contributed by atoms with van der Waals surface area (Å²) >= 11 is 0. The Hall–Kier alpha value is -4.19. The number of hydrogen-bond acceptors (Lipinski definition) is 9. The SMILES string of the molecule is COc1ccc2ccc(=O)n(CCCN3CC[C@H]4[C@@H](C3)OC(=O)N4c3ccc4c(n3)NC(=O)CO4)c2n1. The summed E-state index contributed by atoms with van der Waals surface area (Å²) in [5.74, 6) is 1.38. The first-order valence-corrected chi connectivity index (χ1v) is 12.2. The van der Waals surface area contributed by atoms with E-state index in [2.05, 4.69) is 20.2 Å². The van der Waals surface area contributed by atoms with Crippen LogP contribution in [0.5, 0.6) is 11.6 Å². The average Bonchev–Trinajstić information content (AvgIpc) is 3.24. The van der Waals surface area contributed by atoms with Gasteiger partial charge < -0.3 is 19.5 Å². The Morgan fingerprint density at radius 3 is 2.81 bits per heavy atom. The van der Waals surface area contributed by atoms with Gasteiger partial charge in [0.05, 0.1) is 13.2 Å². The van der Waals surface area contributed by atoms with Gasteiger partial charge in [0.1, 0.15) is 17.6 Å². The van der Waals surface area contributed by atoms with Crippen molar-refractivity contribution in [3.05, 3.63) is 46.8 Å². The number of carbonyl (C=O) groups excluding carboxylic acids is 2. The highest BCUT2D eigenvalue weighted by atomic mass is 16.6. The number of carbonyl (C=O) groups is 2. The number of piperidine rings is 1. The molecule has 0 radical (unpaired) electrons.